The van der Waals surface area contributed by atoms with Gasteiger partial charge in [0.15, 0.2) is 0 Å². The summed E-state index contributed by atoms with van der Waals surface area (Å²) in [5.41, 5.74) is 0.831. The van der Waals surface area contributed by atoms with Gasteiger partial charge in [0.1, 0.15) is 12.2 Å². The molecule has 0 aliphatic rings. The summed E-state index contributed by atoms with van der Waals surface area (Å²) < 4.78 is 1.80. The monoisotopic (exact) mass is 259 g/mol. The van der Waals surface area contributed by atoms with Crippen molar-refractivity contribution in [3.05, 3.63) is 48.0 Å². The van der Waals surface area contributed by atoms with Gasteiger partial charge in [-0.3, -0.25) is 9.48 Å². The Balaban J connectivity index is 2.09. The van der Waals surface area contributed by atoms with Crippen LogP contribution >= 0.6 is 0 Å². The molecule has 0 bridgehead atoms. The zero-order valence-corrected chi connectivity index (χ0v) is 10.9. The minimum atomic E-state index is -0.797. The van der Waals surface area contributed by atoms with Crippen LogP contribution < -0.4 is 0 Å². The summed E-state index contributed by atoms with van der Waals surface area (Å²) in [6.07, 6.45) is 2.65. The van der Waals surface area contributed by atoms with Crippen molar-refractivity contribution >= 4 is 5.97 Å². The topological polar surface area (TPSA) is 68.0 Å². The van der Waals surface area contributed by atoms with Crippen LogP contribution in [0.15, 0.2) is 36.7 Å². The molecular formula is C14H17N3O2. The van der Waals surface area contributed by atoms with E-state index >= 15 is 0 Å². The number of hydrogen-bond donors (Lipinski definition) is 1. The van der Waals surface area contributed by atoms with Crippen LogP contribution in [0.1, 0.15) is 30.7 Å². The maximum absolute atomic E-state index is 11.4. The maximum Gasteiger partial charge on any atom is 0.310 e. The zero-order valence-electron chi connectivity index (χ0n) is 10.9. The van der Waals surface area contributed by atoms with Crippen molar-refractivity contribution in [1.29, 1.82) is 0 Å². The Hall–Kier alpha value is -2.17. The largest absolute Gasteiger partial charge is 0.481 e. The van der Waals surface area contributed by atoms with Gasteiger partial charge in [-0.05, 0) is 18.9 Å². The fourth-order valence-electron chi connectivity index (χ4n) is 2.14. The number of nitrogens with zero attached hydrogens (tertiary/aromatic N) is 3. The van der Waals surface area contributed by atoms with Gasteiger partial charge in [-0.1, -0.05) is 30.3 Å². The van der Waals surface area contributed by atoms with Gasteiger partial charge in [-0.15, -0.1) is 0 Å². The molecule has 0 spiro atoms. The lowest BCUT2D eigenvalue weighted by molar-refractivity contribution is -0.139. The van der Waals surface area contributed by atoms with Crippen LogP contribution in [0.5, 0.6) is 0 Å². The van der Waals surface area contributed by atoms with Crippen LogP contribution in [0.4, 0.5) is 0 Å². The number of aryl methyl sites for hydroxylation is 2. The molecular weight excluding hydrogens is 242 g/mol. The first-order valence-electron chi connectivity index (χ1n) is 6.36. The first-order chi connectivity index (χ1) is 9.22. The van der Waals surface area contributed by atoms with Gasteiger partial charge < -0.3 is 5.11 Å². The number of carbonyl (C=O) groups is 1. The molecule has 1 N–H and O–H groups in total. The Bertz CT molecular complexity index is 537. The summed E-state index contributed by atoms with van der Waals surface area (Å²) in [4.78, 5) is 15.5. The summed E-state index contributed by atoms with van der Waals surface area (Å²) in [5.74, 6) is -0.457. The standard InChI is InChI=1S/C14H17N3O2/c1-2-17-13(15-10-16-17)9-8-12(14(18)19)11-6-4-3-5-7-11/h3-7,10,12H,2,8-9H2,1H3,(H,18,19). The average molecular weight is 259 g/mol. The molecule has 19 heavy (non-hydrogen) atoms. The maximum atomic E-state index is 11.4. The predicted molar refractivity (Wildman–Crippen MR) is 70.8 cm³/mol. The fraction of sp³-hybridized carbons (Fsp3) is 0.357. The van der Waals surface area contributed by atoms with E-state index in [4.69, 9.17) is 0 Å². The lowest BCUT2D eigenvalue weighted by Crippen LogP contribution is -2.14. The molecule has 1 heterocycles. The van der Waals surface area contributed by atoms with Crippen molar-refractivity contribution < 1.29 is 9.90 Å². The van der Waals surface area contributed by atoms with Crippen LogP contribution in [-0.2, 0) is 17.8 Å². The molecule has 1 aromatic heterocycles. The summed E-state index contributed by atoms with van der Waals surface area (Å²) >= 11 is 0. The molecule has 2 aromatic rings. The van der Waals surface area contributed by atoms with Crippen molar-refractivity contribution in [2.75, 3.05) is 0 Å². The van der Waals surface area contributed by atoms with E-state index in [1.807, 2.05) is 37.3 Å². The van der Waals surface area contributed by atoms with Gasteiger partial charge in [0.05, 0.1) is 5.92 Å². The van der Waals surface area contributed by atoms with Gasteiger partial charge >= 0.3 is 5.97 Å². The second-order valence-corrected chi connectivity index (χ2v) is 4.33. The van der Waals surface area contributed by atoms with Gasteiger partial charge in [0.25, 0.3) is 0 Å². The van der Waals surface area contributed by atoms with E-state index in [0.717, 1.165) is 17.9 Å². The zero-order chi connectivity index (χ0) is 13.7. The Morgan fingerprint density at radius 2 is 2.11 bits per heavy atom. The molecule has 100 valence electrons. The van der Waals surface area contributed by atoms with Gasteiger partial charge in [-0.25, -0.2) is 4.98 Å². The quantitative estimate of drug-likeness (QED) is 0.862. The van der Waals surface area contributed by atoms with E-state index in [1.54, 1.807) is 4.68 Å². The Labute approximate surface area is 111 Å². The third kappa shape index (κ3) is 3.19. The summed E-state index contributed by atoms with van der Waals surface area (Å²) in [6, 6.07) is 9.31. The van der Waals surface area contributed by atoms with Crippen molar-refractivity contribution in [3.8, 4) is 0 Å². The van der Waals surface area contributed by atoms with Crippen LogP contribution in [0.3, 0.4) is 0 Å². The molecule has 0 aliphatic heterocycles. The summed E-state index contributed by atoms with van der Waals surface area (Å²) in [7, 11) is 0. The number of benzene rings is 1. The second-order valence-electron chi connectivity index (χ2n) is 4.33. The van der Waals surface area contributed by atoms with Crippen LogP contribution in [0.2, 0.25) is 0 Å². The molecule has 0 amide bonds. The number of carboxylic acids is 1. The minimum Gasteiger partial charge on any atom is -0.481 e. The van der Waals surface area contributed by atoms with E-state index < -0.39 is 11.9 Å². The Morgan fingerprint density at radius 3 is 2.74 bits per heavy atom. The molecule has 5 nitrogen and oxygen atoms in total. The van der Waals surface area contributed by atoms with E-state index in [1.165, 1.54) is 6.33 Å². The third-order valence-corrected chi connectivity index (χ3v) is 3.15. The number of carboxylic acid groups (broad SMARTS) is 1. The number of aromatic nitrogens is 3. The average Bonchev–Trinajstić information content (AvgIpc) is 2.87. The highest BCUT2D eigenvalue weighted by atomic mass is 16.4. The van der Waals surface area contributed by atoms with E-state index in [-0.39, 0.29) is 0 Å². The Morgan fingerprint density at radius 1 is 1.37 bits per heavy atom. The normalized spacial score (nSPS) is 12.3. The van der Waals surface area contributed by atoms with E-state index in [2.05, 4.69) is 10.1 Å². The van der Waals surface area contributed by atoms with Crippen LogP contribution in [-0.4, -0.2) is 25.8 Å². The predicted octanol–water partition coefficient (Wildman–Crippen LogP) is 2.10. The molecule has 0 saturated heterocycles. The van der Waals surface area contributed by atoms with Gasteiger partial charge in [0.2, 0.25) is 0 Å². The molecule has 0 saturated carbocycles. The molecule has 5 heteroatoms. The Kier molecular flexibility index (Phi) is 4.28. The van der Waals surface area contributed by atoms with Crippen molar-refractivity contribution in [3.63, 3.8) is 0 Å². The molecule has 0 radical (unpaired) electrons. The number of hydrogen-bond acceptors (Lipinski definition) is 3. The van der Waals surface area contributed by atoms with Crippen LogP contribution in [0, 0.1) is 0 Å². The lowest BCUT2D eigenvalue weighted by atomic mass is 9.94. The first-order valence-corrected chi connectivity index (χ1v) is 6.36. The minimum absolute atomic E-state index is 0.497. The first kappa shape index (κ1) is 13.3. The molecule has 1 unspecified atom stereocenters. The lowest BCUT2D eigenvalue weighted by Gasteiger charge is -2.12. The SMILES string of the molecule is CCn1ncnc1CCC(C(=O)O)c1ccccc1. The smallest absolute Gasteiger partial charge is 0.310 e. The van der Waals surface area contributed by atoms with Gasteiger partial charge in [0, 0.05) is 13.0 Å². The van der Waals surface area contributed by atoms with Crippen LogP contribution in [0.25, 0.3) is 0 Å². The third-order valence-electron chi connectivity index (χ3n) is 3.15. The van der Waals surface area contributed by atoms with Gasteiger partial charge in [-0.2, -0.15) is 5.10 Å². The number of aliphatic carboxylic acids is 1. The summed E-state index contributed by atoms with van der Waals surface area (Å²) in [5, 5.41) is 13.4. The van der Waals surface area contributed by atoms with Crippen molar-refractivity contribution in [2.24, 2.45) is 0 Å². The fourth-order valence-corrected chi connectivity index (χ4v) is 2.14. The molecule has 1 atom stereocenters. The second kappa shape index (κ2) is 6.13. The highest BCUT2D eigenvalue weighted by molar-refractivity contribution is 5.76. The number of rotatable bonds is 6. The van der Waals surface area contributed by atoms with E-state index in [9.17, 15) is 9.90 Å². The summed E-state index contributed by atoms with van der Waals surface area (Å²) in [6.45, 7) is 2.74. The molecule has 1 aromatic carbocycles. The highest BCUT2D eigenvalue weighted by Crippen LogP contribution is 2.21. The molecule has 0 aliphatic carbocycles. The van der Waals surface area contributed by atoms with Crippen molar-refractivity contribution in [2.45, 2.75) is 32.2 Å². The molecule has 2 rings (SSSR count). The van der Waals surface area contributed by atoms with E-state index in [0.29, 0.717) is 12.8 Å². The van der Waals surface area contributed by atoms with Crippen molar-refractivity contribution in [1.82, 2.24) is 14.8 Å². The molecule has 0 fully saturated rings. The highest BCUT2D eigenvalue weighted by Gasteiger charge is 2.20.